The molecule has 7 nitrogen and oxygen atoms in total. The largest absolute Gasteiger partial charge is 0.336 e. The van der Waals surface area contributed by atoms with E-state index in [1.54, 1.807) is 6.20 Å². The summed E-state index contributed by atoms with van der Waals surface area (Å²) < 4.78 is 3.78. The molecule has 3 heterocycles. The normalized spacial score (nSPS) is 17.5. The first-order chi connectivity index (χ1) is 12.6. The number of amides is 1. The van der Waals surface area contributed by atoms with Crippen LogP contribution in [0.1, 0.15) is 27.8 Å². The molecule has 0 aliphatic carbocycles. The fourth-order valence-corrected chi connectivity index (χ4v) is 3.35. The Morgan fingerprint density at radius 3 is 2.73 bits per heavy atom. The molecule has 0 spiro atoms. The third kappa shape index (κ3) is 3.01. The number of aromatic nitrogens is 4. The minimum atomic E-state index is -0.0651. The minimum Gasteiger partial charge on any atom is -0.336 e. The lowest BCUT2D eigenvalue weighted by Gasteiger charge is -2.35. The third-order valence-corrected chi connectivity index (χ3v) is 4.75. The van der Waals surface area contributed by atoms with Gasteiger partial charge in [-0.1, -0.05) is 0 Å². The van der Waals surface area contributed by atoms with Crippen molar-refractivity contribution in [2.24, 2.45) is 7.05 Å². The lowest BCUT2D eigenvalue weighted by Crippen LogP contribution is -2.49. The summed E-state index contributed by atoms with van der Waals surface area (Å²) in [5.74, 6) is 0.928. The van der Waals surface area contributed by atoms with E-state index >= 15 is 0 Å². The standard InChI is InChI=1S/C19H22N6O/c1-14-11-22-25(13-14)16-5-3-15(4-6-16)19(26)24-10-7-20-12-17(24)18-21-8-9-23(18)2/h3-6,8-9,11,13,17,20H,7,10,12H2,1-2H3. The number of hydrogen-bond donors (Lipinski definition) is 1. The van der Waals surface area contributed by atoms with Crippen LogP contribution in [-0.2, 0) is 7.05 Å². The monoisotopic (exact) mass is 350 g/mol. The number of nitrogens with one attached hydrogen (secondary N) is 1. The van der Waals surface area contributed by atoms with Crippen molar-refractivity contribution >= 4 is 5.91 Å². The second-order valence-corrected chi connectivity index (χ2v) is 6.62. The van der Waals surface area contributed by atoms with Crippen molar-refractivity contribution in [3.8, 4) is 5.69 Å². The Hall–Kier alpha value is -2.93. The SMILES string of the molecule is Cc1cnn(-c2ccc(C(=O)N3CCNCC3c3nccn3C)cc2)c1. The van der Waals surface area contributed by atoms with Crippen LogP contribution in [0.15, 0.2) is 49.1 Å². The molecule has 2 aromatic heterocycles. The highest BCUT2D eigenvalue weighted by molar-refractivity contribution is 5.94. The van der Waals surface area contributed by atoms with Gasteiger partial charge in [0, 0.05) is 50.8 Å². The first-order valence-electron chi connectivity index (χ1n) is 8.74. The predicted octanol–water partition coefficient (Wildman–Crippen LogP) is 1.70. The zero-order valence-corrected chi connectivity index (χ0v) is 15.0. The van der Waals surface area contributed by atoms with Gasteiger partial charge in [-0.3, -0.25) is 4.79 Å². The highest BCUT2D eigenvalue weighted by atomic mass is 16.2. The molecule has 1 amide bonds. The maximum atomic E-state index is 13.1. The average molecular weight is 350 g/mol. The number of carbonyl (C=O) groups excluding carboxylic acids is 1. The van der Waals surface area contributed by atoms with Crippen molar-refractivity contribution in [2.75, 3.05) is 19.6 Å². The summed E-state index contributed by atoms with van der Waals surface area (Å²) in [6.07, 6.45) is 7.46. The first-order valence-corrected chi connectivity index (χ1v) is 8.74. The van der Waals surface area contributed by atoms with Gasteiger partial charge in [0.25, 0.3) is 5.91 Å². The molecule has 1 aliphatic heterocycles. The predicted molar refractivity (Wildman–Crippen MR) is 98.2 cm³/mol. The minimum absolute atomic E-state index is 0.0303. The van der Waals surface area contributed by atoms with Gasteiger partial charge < -0.3 is 14.8 Å². The second kappa shape index (κ2) is 6.76. The summed E-state index contributed by atoms with van der Waals surface area (Å²) in [6, 6.07) is 7.53. The van der Waals surface area contributed by atoms with Crippen molar-refractivity contribution in [2.45, 2.75) is 13.0 Å². The molecule has 1 unspecified atom stereocenters. The van der Waals surface area contributed by atoms with E-state index in [0.717, 1.165) is 23.6 Å². The Bertz CT molecular complexity index is 910. The van der Waals surface area contributed by atoms with Gasteiger partial charge in [-0.25, -0.2) is 9.67 Å². The van der Waals surface area contributed by atoms with Crippen molar-refractivity contribution in [1.82, 2.24) is 29.5 Å². The summed E-state index contributed by atoms with van der Waals surface area (Å²) in [7, 11) is 1.96. The number of carbonyl (C=O) groups is 1. The zero-order chi connectivity index (χ0) is 18.1. The molecule has 1 N–H and O–H groups in total. The van der Waals surface area contributed by atoms with Crippen molar-refractivity contribution in [3.63, 3.8) is 0 Å². The lowest BCUT2D eigenvalue weighted by molar-refractivity contribution is 0.0621. The van der Waals surface area contributed by atoms with Crippen LogP contribution in [0.2, 0.25) is 0 Å². The third-order valence-electron chi connectivity index (χ3n) is 4.75. The maximum Gasteiger partial charge on any atom is 0.254 e. The molecular weight excluding hydrogens is 328 g/mol. The number of aryl methyl sites for hydroxylation is 2. The first kappa shape index (κ1) is 16.5. The van der Waals surface area contributed by atoms with Gasteiger partial charge in [0.2, 0.25) is 0 Å². The van der Waals surface area contributed by atoms with Crippen molar-refractivity contribution < 1.29 is 4.79 Å². The molecule has 26 heavy (non-hydrogen) atoms. The summed E-state index contributed by atoms with van der Waals surface area (Å²) in [6.45, 7) is 4.17. The topological polar surface area (TPSA) is 68.0 Å². The molecule has 4 rings (SSSR count). The van der Waals surface area contributed by atoms with Gasteiger partial charge in [0.15, 0.2) is 0 Å². The summed E-state index contributed by atoms with van der Waals surface area (Å²) in [5, 5.41) is 7.67. The summed E-state index contributed by atoms with van der Waals surface area (Å²) in [4.78, 5) is 19.5. The molecule has 1 aromatic carbocycles. The highest BCUT2D eigenvalue weighted by Crippen LogP contribution is 2.23. The van der Waals surface area contributed by atoms with Crippen LogP contribution in [0.5, 0.6) is 0 Å². The van der Waals surface area contributed by atoms with Crippen LogP contribution in [0, 0.1) is 6.92 Å². The van der Waals surface area contributed by atoms with E-state index in [1.807, 2.05) is 71.0 Å². The Labute approximate surface area is 152 Å². The van der Waals surface area contributed by atoms with Crippen LogP contribution >= 0.6 is 0 Å². The van der Waals surface area contributed by atoms with Crippen LogP contribution in [-0.4, -0.2) is 49.8 Å². The number of hydrogen-bond acceptors (Lipinski definition) is 4. The van der Waals surface area contributed by atoms with Crippen molar-refractivity contribution in [3.05, 3.63) is 66.0 Å². The summed E-state index contributed by atoms with van der Waals surface area (Å²) in [5.41, 5.74) is 2.72. The molecule has 1 atom stereocenters. The van der Waals surface area contributed by atoms with Crippen LogP contribution in [0.4, 0.5) is 0 Å². The smallest absolute Gasteiger partial charge is 0.254 e. The van der Waals surface area contributed by atoms with Gasteiger partial charge >= 0.3 is 0 Å². The molecule has 7 heteroatoms. The zero-order valence-electron chi connectivity index (χ0n) is 15.0. The molecule has 0 radical (unpaired) electrons. The molecular formula is C19H22N6O. The van der Waals surface area contributed by atoms with E-state index in [-0.39, 0.29) is 11.9 Å². The highest BCUT2D eigenvalue weighted by Gasteiger charge is 2.30. The van der Waals surface area contributed by atoms with E-state index < -0.39 is 0 Å². The quantitative estimate of drug-likeness (QED) is 0.781. The Balaban J connectivity index is 1.58. The van der Waals surface area contributed by atoms with Gasteiger partial charge in [-0.2, -0.15) is 5.10 Å². The number of nitrogens with zero attached hydrogens (tertiary/aromatic N) is 5. The maximum absolute atomic E-state index is 13.1. The molecule has 1 aliphatic rings. The van der Waals surface area contributed by atoms with E-state index in [1.165, 1.54) is 0 Å². The van der Waals surface area contributed by atoms with Crippen LogP contribution in [0.25, 0.3) is 5.69 Å². The molecule has 1 fully saturated rings. The molecule has 0 bridgehead atoms. The average Bonchev–Trinajstić information content (AvgIpc) is 3.29. The van der Waals surface area contributed by atoms with E-state index in [2.05, 4.69) is 15.4 Å². The molecule has 0 saturated carbocycles. The summed E-state index contributed by atoms with van der Waals surface area (Å²) >= 11 is 0. The van der Waals surface area contributed by atoms with Gasteiger partial charge in [-0.05, 0) is 36.8 Å². The fourth-order valence-electron chi connectivity index (χ4n) is 3.35. The number of rotatable bonds is 3. The van der Waals surface area contributed by atoms with Crippen LogP contribution in [0.3, 0.4) is 0 Å². The molecule has 134 valence electrons. The van der Waals surface area contributed by atoms with Gasteiger partial charge in [0.05, 0.1) is 11.9 Å². The molecule has 1 saturated heterocycles. The number of benzene rings is 1. The Kier molecular flexibility index (Phi) is 4.30. The van der Waals surface area contributed by atoms with Crippen LogP contribution < -0.4 is 5.32 Å². The van der Waals surface area contributed by atoms with Crippen molar-refractivity contribution in [1.29, 1.82) is 0 Å². The second-order valence-electron chi connectivity index (χ2n) is 6.62. The van der Waals surface area contributed by atoms with E-state index in [0.29, 0.717) is 18.7 Å². The molecule has 3 aromatic rings. The van der Waals surface area contributed by atoms with E-state index in [4.69, 9.17) is 0 Å². The Morgan fingerprint density at radius 1 is 1.27 bits per heavy atom. The lowest BCUT2D eigenvalue weighted by atomic mass is 10.1. The van der Waals surface area contributed by atoms with E-state index in [9.17, 15) is 4.79 Å². The van der Waals surface area contributed by atoms with Gasteiger partial charge in [0.1, 0.15) is 11.9 Å². The number of piperazine rings is 1. The van der Waals surface area contributed by atoms with Gasteiger partial charge in [-0.15, -0.1) is 0 Å². The fraction of sp³-hybridized carbons (Fsp3) is 0.316. The number of imidazole rings is 1. The Morgan fingerprint density at radius 2 is 2.08 bits per heavy atom.